The van der Waals surface area contributed by atoms with Crippen molar-refractivity contribution in [3.05, 3.63) is 78.1 Å². The van der Waals surface area contributed by atoms with Crippen LogP contribution in [0.4, 0.5) is 17.5 Å². The van der Waals surface area contributed by atoms with Crippen LogP contribution in [0.25, 0.3) is 11.3 Å². The molecule has 32 heavy (non-hydrogen) atoms. The lowest BCUT2D eigenvalue weighted by Crippen LogP contribution is -2.18. The molecule has 164 valence electrons. The maximum atomic E-state index is 12.9. The Balaban J connectivity index is 1.84. The summed E-state index contributed by atoms with van der Waals surface area (Å²) in [5.74, 6) is 0.555. The second-order valence-electron chi connectivity index (χ2n) is 7.55. The predicted octanol–water partition coefficient (Wildman–Crippen LogP) is 4.06. The van der Waals surface area contributed by atoms with Crippen LogP contribution < -0.4 is 9.62 Å². The van der Waals surface area contributed by atoms with E-state index in [1.165, 1.54) is 17.1 Å². The number of aryl methyl sites for hydroxylation is 3. The summed E-state index contributed by atoms with van der Waals surface area (Å²) in [6.45, 7) is 4.01. The van der Waals surface area contributed by atoms with Crippen molar-refractivity contribution >= 4 is 27.5 Å². The van der Waals surface area contributed by atoms with Gasteiger partial charge in [0.1, 0.15) is 10.7 Å². The van der Waals surface area contributed by atoms with Gasteiger partial charge >= 0.3 is 0 Å². The Hall–Kier alpha value is -3.72. The first-order chi connectivity index (χ1) is 15.2. The van der Waals surface area contributed by atoms with E-state index in [4.69, 9.17) is 0 Å². The number of para-hydroxylation sites is 1. The highest BCUT2D eigenvalue weighted by atomic mass is 32.2. The fraction of sp³-hybridized carbons (Fsp3) is 0.174. The van der Waals surface area contributed by atoms with Crippen molar-refractivity contribution in [1.29, 1.82) is 0 Å². The minimum atomic E-state index is -3.90. The average molecular weight is 449 g/mol. The molecule has 0 radical (unpaired) electrons. The maximum absolute atomic E-state index is 12.9. The van der Waals surface area contributed by atoms with Crippen LogP contribution in [0.15, 0.2) is 71.9 Å². The van der Waals surface area contributed by atoms with Gasteiger partial charge in [-0.25, -0.2) is 18.1 Å². The molecule has 0 atom stereocenters. The van der Waals surface area contributed by atoms with Crippen LogP contribution in [0.2, 0.25) is 0 Å². The molecule has 8 nitrogen and oxygen atoms in total. The summed E-state index contributed by atoms with van der Waals surface area (Å²) in [6.07, 6.45) is 2.71. The van der Waals surface area contributed by atoms with Crippen molar-refractivity contribution in [3.63, 3.8) is 0 Å². The van der Waals surface area contributed by atoms with Gasteiger partial charge in [-0.1, -0.05) is 36.4 Å². The number of nitrogens with one attached hydrogen (secondary N) is 1. The van der Waals surface area contributed by atoms with Gasteiger partial charge in [-0.3, -0.25) is 4.68 Å². The number of nitrogens with zero attached hydrogens (tertiary/aromatic N) is 5. The highest BCUT2D eigenvalue weighted by Gasteiger charge is 2.20. The van der Waals surface area contributed by atoms with Gasteiger partial charge in [-0.15, -0.1) is 0 Å². The molecule has 2 heterocycles. The van der Waals surface area contributed by atoms with Gasteiger partial charge in [0.2, 0.25) is 5.95 Å². The van der Waals surface area contributed by atoms with Crippen molar-refractivity contribution in [2.45, 2.75) is 18.7 Å². The van der Waals surface area contributed by atoms with E-state index in [1.807, 2.05) is 80.4 Å². The summed E-state index contributed by atoms with van der Waals surface area (Å²) >= 11 is 0. The van der Waals surface area contributed by atoms with Gasteiger partial charge in [-0.05, 0) is 37.1 Å². The number of benzene rings is 2. The normalized spacial score (nSPS) is 11.4. The molecule has 2 aromatic heterocycles. The Morgan fingerprint density at radius 1 is 0.969 bits per heavy atom. The Morgan fingerprint density at radius 2 is 1.66 bits per heavy atom. The van der Waals surface area contributed by atoms with Gasteiger partial charge < -0.3 is 4.90 Å². The van der Waals surface area contributed by atoms with E-state index in [-0.39, 0.29) is 10.8 Å². The third-order valence-electron chi connectivity index (χ3n) is 5.15. The van der Waals surface area contributed by atoms with Crippen LogP contribution in [-0.2, 0) is 17.1 Å². The van der Waals surface area contributed by atoms with Crippen molar-refractivity contribution < 1.29 is 8.42 Å². The molecule has 0 aliphatic carbocycles. The quantitative estimate of drug-likeness (QED) is 0.478. The van der Waals surface area contributed by atoms with Crippen LogP contribution in [0.5, 0.6) is 0 Å². The van der Waals surface area contributed by atoms with E-state index in [2.05, 4.69) is 19.8 Å². The lowest BCUT2D eigenvalue weighted by molar-refractivity contribution is 0.600. The summed E-state index contributed by atoms with van der Waals surface area (Å²) < 4.78 is 29.7. The zero-order valence-electron chi connectivity index (χ0n) is 18.3. The monoisotopic (exact) mass is 448 g/mol. The third-order valence-corrected chi connectivity index (χ3v) is 6.44. The standard InChI is InChI=1S/C23H24N6O2S/c1-16-9-8-10-17(2)22(16)20-13-21(29(4)18-11-6-5-7-12-18)26-23(25-20)27-32(30,31)19-14-24-28(3)15-19/h5-15H,1-4H3,(H,25,26,27). The number of hydrogen-bond donors (Lipinski definition) is 1. The van der Waals surface area contributed by atoms with Crippen molar-refractivity contribution in [2.75, 3.05) is 16.7 Å². The average Bonchev–Trinajstić information content (AvgIpc) is 3.21. The third kappa shape index (κ3) is 4.33. The number of aromatic nitrogens is 4. The van der Waals surface area contributed by atoms with Crippen molar-refractivity contribution in [3.8, 4) is 11.3 Å². The number of rotatable bonds is 6. The van der Waals surface area contributed by atoms with Crippen molar-refractivity contribution in [1.82, 2.24) is 19.7 Å². The molecule has 4 rings (SSSR count). The van der Waals surface area contributed by atoms with Gasteiger partial charge in [0, 0.05) is 37.6 Å². The van der Waals surface area contributed by atoms with Gasteiger partial charge in [-0.2, -0.15) is 10.1 Å². The molecular formula is C23H24N6O2S. The fourth-order valence-electron chi connectivity index (χ4n) is 3.50. The molecule has 0 saturated carbocycles. The van der Waals surface area contributed by atoms with Gasteiger partial charge in [0.15, 0.2) is 0 Å². The Bertz CT molecular complexity index is 1350. The molecule has 0 amide bonds. The molecule has 0 fully saturated rings. The second kappa shape index (κ2) is 8.43. The first-order valence-electron chi connectivity index (χ1n) is 10.0. The van der Waals surface area contributed by atoms with Gasteiger partial charge in [0.05, 0.1) is 11.9 Å². The Kier molecular flexibility index (Phi) is 5.67. The SMILES string of the molecule is Cc1cccc(C)c1-c1cc(N(C)c2ccccc2)nc(NS(=O)(=O)c2cnn(C)c2)n1. The van der Waals surface area contributed by atoms with E-state index >= 15 is 0 Å². The van der Waals surface area contributed by atoms with E-state index in [1.54, 1.807) is 7.05 Å². The minimum Gasteiger partial charge on any atom is -0.329 e. The number of anilines is 3. The second-order valence-corrected chi connectivity index (χ2v) is 9.23. The van der Waals surface area contributed by atoms with Gasteiger partial charge in [0.25, 0.3) is 10.0 Å². The molecule has 0 unspecified atom stereocenters. The largest absolute Gasteiger partial charge is 0.329 e. The highest BCUT2D eigenvalue weighted by Crippen LogP contribution is 2.31. The predicted molar refractivity (Wildman–Crippen MR) is 125 cm³/mol. The van der Waals surface area contributed by atoms with E-state index in [0.717, 1.165) is 22.4 Å². The molecule has 2 aromatic carbocycles. The minimum absolute atomic E-state index is 0.00760. The summed E-state index contributed by atoms with van der Waals surface area (Å²) in [7, 11) is -0.358. The highest BCUT2D eigenvalue weighted by molar-refractivity contribution is 7.92. The molecule has 0 spiro atoms. The molecular weight excluding hydrogens is 424 g/mol. The lowest BCUT2D eigenvalue weighted by atomic mass is 10.00. The molecule has 0 bridgehead atoms. The summed E-state index contributed by atoms with van der Waals surface area (Å²) in [5, 5.41) is 3.95. The first kappa shape index (κ1) is 21.5. The molecule has 0 aliphatic heterocycles. The van der Waals surface area contributed by atoms with Crippen LogP contribution >= 0.6 is 0 Å². The zero-order valence-corrected chi connectivity index (χ0v) is 19.1. The Labute approximate surface area is 187 Å². The molecule has 1 N–H and O–H groups in total. The number of hydrogen-bond acceptors (Lipinski definition) is 6. The van der Waals surface area contributed by atoms with E-state index in [0.29, 0.717) is 11.5 Å². The molecule has 0 saturated heterocycles. The van der Waals surface area contributed by atoms with Crippen LogP contribution in [-0.4, -0.2) is 35.2 Å². The fourth-order valence-corrected chi connectivity index (χ4v) is 4.43. The smallest absolute Gasteiger partial charge is 0.267 e. The lowest BCUT2D eigenvalue weighted by Gasteiger charge is -2.20. The Morgan fingerprint density at radius 3 is 2.28 bits per heavy atom. The van der Waals surface area contributed by atoms with E-state index < -0.39 is 10.0 Å². The summed E-state index contributed by atoms with van der Waals surface area (Å²) in [4.78, 5) is 11.0. The first-order valence-corrected chi connectivity index (χ1v) is 11.5. The van der Waals surface area contributed by atoms with E-state index in [9.17, 15) is 8.42 Å². The van der Waals surface area contributed by atoms with Crippen LogP contribution in [0, 0.1) is 13.8 Å². The number of sulfonamides is 1. The van der Waals surface area contributed by atoms with Crippen LogP contribution in [0.3, 0.4) is 0 Å². The molecule has 0 aliphatic rings. The van der Waals surface area contributed by atoms with Crippen LogP contribution in [0.1, 0.15) is 11.1 Å². The zero-order chi connectivity index (χ0) is 22.9. The topological polar surface area (TPSA) is 93.0 Å². The molecule has 4 aromatic rings. The maximum Gasteiger partial charge on any atom is 0.267 e. The summed E-state index contributed by atoms with van der Waals surface area (Å²) in [5.41, 5.74) is 4.58. The summed E-state index contributed by atoms with van der Waals surface area (Å²) in [6, 6.07) is 17.6. The molecule has 9 heteroatoms. The van der Waals surface area contributed by atoms with Crippen molar-refractivity contribution in [2.24, 2.45) is 7.05 Å².